The molecule has 2 aliphatic rings. The number of fused-ring (bicyclic) bond motifs is 2. The zero-order chi connectivity index (χ0) is 17.6. The lowest BCUT2D eigenvalue weighted by molar-refractivity contribution is -0.145. The highest BCUT2D eigenvalue weighted by molar-refractivity contribution is 5.96. The number of nitrogens with one attached hydrogen (secondary N) is 1. The summed E-state index contributed by atoms with van der Waals surface area (Å²) in [5, 5.41) is 11.3. The molecule has 24 heavy (non-hydrogen) atoms. The minimum absolute atomic E-state index is 0.465. The van der Waals surface area contributed by atoms with E-state index in [-0.39, 0.29) is 0 Å². The number of carbonyl (C=O) groups excluding carboxylic acids is 1. The Bertz CT molecular complexity index is 731. The molecule has 3 rings (SSSR count). The van der Waals surface area contributed by atoms with Crippen LogP contribution in [0.4, 0.5) is 23.2 Å². The Kier molecular flexibility index (Phi) is 3.83. The van der Waals surface area contributed by atoms with Crippen molar-refractivity contribution in [3.05, 3.63) is 41.7 Å². The molecule has 9 heteroatoms. The number of amides is 1. The fraction of sp³-hybridized carbons (Fsp3) is 0.333. The highest BCUT2D eigenvalue weighted by Gasteiger charge is 2.53. The van der Waals surface area contributed by atoms with Gasteiger partial charge in [-0.05, 0) is 18.2 Å². The first-order valence-electron chi connectivity index (χ1n) is 6.92. The molecule has 2 aliphatic heterocycles. The van der Waals surface area contributed by atoms with E-state index in [9.17, 15) is 32.3 Å². The van der Waals surface area contributed by atoms with Gasteiger partial charge in [0, 0.05) is 0 Å². The standard InChI is InChI=1S/C15H11F4NO4/c16-7-2-1-6(15(17,18)19)5-8(7)20-13(21)11-9-3-4-10(24-9)12(11)14(22)23/h1-5,9-12H,(H,20,21)(H,22,23)/t9-,10+,11-,12+/m1/s1. The number of halogens is 4. The van der Waals surface area contributed by atoms with Crippen molar-refractivity contribution in [2.24, 2.45) is 11.8 Å². The van der Waals surface area contributed by atoms with Crippen molar-refractivity contribution in [1.82, 2.24) is 0 Å². The zero-order valence-electron chi connectivity index (χ0n) is 11.9. The monoisotopic (exact) mass is 345 g/mol. The van der Waals surface area contributed by atoms with Crippen LogP contribution in [0.3, 0.4) is 0 Å². The molecule has 2 bridgehead atoms. The number of hydrogen-bond acceptors (Lipinski definition) is 3. The van der Waals surface area contributed by atoms with Gasteiger partial charge >= 0.3 is 12.1 Å². The number of alkyl halides is 3. The molecule has 128 valence electrons. The molecular weight excluding hydrogens is 334 g/mol. The van der Waals surface area contributed by atoms with Gasteiger partial charge in [0.15, 0.2) is 0 Å². The van der Waals surface area contributed by atoms with E-state index in [1.165, 1.54) is 12.2 Å². The Balaban J connectivity index is 1.85. The molecular formula is C15H11F4NO4. The molecule has 1 fully saturated rings. The van der Waals surface area contributed by atoms with Gasteiger partial charge in [-0.25, -0.2) is 4.39 Å². The lowest BCUT2D eigenvalue weighted by Gasteiger charge is -2.21. The second-order valence-corrected chi connectivity index (χ2v) is 5.52. The Hall–Kier alpha value is -2.42. The van der Waals surface area contributed by atoms with Gasteiger partial charge in [0.25, 0.3) is 0 Å². The molecule has 5 nitrogen and oxygen atoms in total. The highest BCUT2D eigenvalue weighted by Crippen LogP contribution is 2.40. The normalized spacial score (nSPS) is 28.2. The summed E-state index contributed by atoms with van der Waals surface area (Å²) in [5.74, 6) is -5.54. The topological polar surface area (TPSA) is 75.6 Å². The van der Waals surface area contributed by atoms with Crippen molar-refractivity contribution in [3.8, 4) is 0 Å². The number of rotatable bonds is 3. The molecule has 0 unspecified atom stereocenters. The average molecular weight is 345 g/mol. The fourth-order valence-electron chi connectivity index (χ4n) is 2.93. The minimum Gasteiger partial charge on any atom is -0.481 e. The second kappa shape index (κ2) is 5.59. The van der Waals surface area contributed by atoms with Crippen LogP contribution in [0.5, 0.6) is 0 Å². The molecule has 0 saturated carbocycles. The number of carboxylic acids is 1. The lowest BCUT2D eigenvalue weighted by Crippen LogP contribution is -2.39. The number of aliphatic carboxylic acids is 1. The van der Waals surface area contributed by atoms with Gasteiger partial charge in [0.05, 0.1) is 29.4 Å². The smallest absolute Gasteiger partial charge is 0.416 e. The van der Waals surface area contributed by atoms with Crippen LogP contribution in [0, 0.1) is 17.7 Å². The fourth-order valence-corrected chi connectivity index (χ4v) is 2.93. The van der Waals surface area contributed by atoms with Gasteiger partial charge in [-0.3, -0.25) is 9.59 Å². The predicted molar refractivity (Wildman–Crippen MR) is 72.4 cm³/mol. The van der Waals surface area contributed by atoms with Crippen molar-refractivity contribution < 1.29 is 37.0 Å². The summed E-state index contributed by atoms with van der Waals surface area (Å²) in [5.41, 5.74) is -1.79. The van der Waals surface area contributed by atoms with Gasteiger partial charge in [0.2, 0.25) is 5.91 Å². The van der Waals surface area contributed by atoms with Gasteiger partial charge in [-0.2, -0.15) is 13.2 Å². The van der Waals surface area contributed by atoms with E-state index in [1.807, 2.05) is 5.32 Å². The van der Waals surface area contributed by atoms with Crippen LogP contribution >= 0.6 is 0 Å². The first kappa shape index (κ1) is 16.4. The molecule has 0 radical (unpaired) electrons. The summed E-state index contributed by atoms with van der Waals surface area (Å²) in [6.07, 6.45) is -3.26. The summed E-state index contributed by atoms with van der Waals surface area (Å²) in [6, 6.07) is 1.60. The molecule has 0 aliphatic carbocycles. The first-order chi connectivity index (χ1) is 11.2. The highest BCUT2D eigenvalue weighted by atomic mass is 19.4. The number of ether oxygens (including phenoxy) is 1. The Morgan fingerprint density at radius 2 is 1.75 bits per heavy atom. The largest absolute Gasteiger partial charge is 0.481 e. The average Bonchev–Trinajstić information content (AvgIpc) is 3.08. The molecule has 4 atom stereocenters. The number of hydrogen-bond donors (Lipinski definition) is 2. The van der Waals surface area contributed by atoms with Crippen LogP contribution in [0.1, 0.15) is 5.56 Å². The maximum atomic E-state index is 13.7. The van der Waals surface area contributed by atoms with Crippen LogP contribution in [0.15, 0.2) is 30.4 Å². The van der Waals surface area contributed by atoms with Crippen molar-refractivity contribution >= 4 is 17.6 Å². The Morgan fingerprint density at radius 1 is 1.12 bits per heavy atom. The van der Waals surface area contributed by atoms with E-state index in [0.29, 0.717) is 18.2 Å². The van der Waals surface area contributed by atoms with E-state index in [4.69, 9.17) is 4.74 Å². The lowest BCUT2D eigenvalue weighted by atomic mass is 9.82. The van der Waals surface area contributed by atoms with E-state index < -0.39 is 59.2 Å². The summed E-state index contributed by atoms with van der Waals surface area (Å²) < 4.78 is 57.1. The van der Waals surface area contributed by atoms with E-state index in [0.717, 1.165) is 0 Å². The summed E-state index contributed by atoms with van der Waals surface area (Å²) in [7, 11) is 0. The minimum atomic E-state index is -4.70. The number of anilines is 1. The van der Waals surface area contributed by atoms with Crippen molar-refractivity contribution in [1.29, 1.82) is 0 Å². The van der Waals surface area contributed by atoms with Gasteiger partial charge in [0.1, 0.15) is 11.7 Å². The third-order valence-corrected chi connectivity index (χ3v) is 4.04. The molecule has 0 spiro atoms. The molecule has 1 aromatic carbocycles. The van der Waals surface area contributed by atoms with E-state index >= 15 is 0 Å². The van der Waals surface area contributed by atoms with Crippen LogP contribution in [0.25, 0.3) is 0 Å². The van der Waals surface area contributed by atoms with Gasteiger partial charge in [-0.15, -0.1) is 0 Å². The summed E-state index contributed by atoms with van der Waals surface area (Å²) in [6.45, 7) is 0. The zero-order valence-corrected chi connectivity index (χ0v) is 11.9. The number of carbonyl (C=O) groups is 2. The quantitative estimate of drug-likeness (QED) is 0.652. The van der Waals surface area contributed by atoms with Gasteiger partial charge in [-0.1, -0.05) is 12.2 Å². The maximum absolute atomic E-state index is 13.7. The maximum Gasteiger partial charge on any atom is 0.416 e. The summed E-state index contributed by atoms with van der Waals surface area (Å²) >= 11 is 0. The van der Waals surface area contributed by atoms with Crippen molar-refractivity contribution in [3.63, 3.8) is 0 Å². The van der Waals surface area contributed by atoms with Crippen LogP contribution in [-0.4, -0.2) is 29.2 Å². The molecule has 2 N–H and O–H groups in total. The first-order valence-corrected chi connectivity index (χ1v) is 6.92. The molecule has 1 aromatic rings. The van der Waals surface area contributed by atoms with Gasteiger partial charge < -0.3 is 15.2 Å². The van der Waals surface area contributed by atoms with E-state index in [2.05, 4.69) is 0 Å². The van der Waals surface area contributed by atoms with E-state index in [1.54, 1.807) is 0 Å². The van der Waals surface area contributed by atoms with Crippen molar-refractivity contribution in [2.45, 2.75) is 18.4 Å². The third-order valence-electron chi connectivity index (χ3n) is 4.04. The Labute approximate surface area is 132 Å². The molecule has 1 amide bonds. The predicted octanol–water partition coefficient (Wildman–Crippen LogP) is 2.44. The second-order valence-electron chi connectivity index (χ2n) is 5.52. The third kappa shape index (κ3) is 2.75. The Morgan fingerprint density at radius 3 is 2.33 bits per heavy atom. The SMILES string of the molecule is O=C(O)[C@@H]1[C@H](C(=O)Nc2cc(C(F)(F)F)ccc2F)[C@H]2C=C[C@@H]1O2. The molecule has 2 heterocycles. The van der Waals surface area contributed by atoms with Crippen LogP contribution in [-0.2, 0) is 20.5 Å². The van der Waals surface area contributed by atoms with Crippen LogP contribution in [0.2, 0.25) is 0 Å². The van der Waals surface area contributed by atoms with Crippen molar-refractivity contribution in [2.75, 3.05) is 5.32 Å². The number of benzene rings is 1. The van der Waals surface area contributed by atoms with Crippen LogP contribution < -0.4 is 5.32 Å². The molecule has 1 saturated heterocycles. The molecule has 0 aromatic heterocycles. The number of carboxylic acid groups (broad SMARTS) is 1. The summed E-state index contributed by atoms with van der Waals surface area (Å²) in [4.78, 5) is 23.6.